The lowest BCUT2D eigenvalue weighted by Crippen LogP contribution is -2.07. The van der Waals surface area contributed by atoms with Crippen molar-refractivity contribution in [2.75, 3.05) is 0 Å². The second-order valence-electron chi connectivity index (χ2n) is 3.83. The van der Waals surface area contributed by atoms with Crippen LogP contribution in [0.5, 0.6) is 0 Å². The van der Waals surface area contributed by atoms with Gasteiger partial charge in [-0.05, 0) is 24.3 Å². The number of ether oxygens (including phenoxy) is 1. The van der Waals surface area contributed by atoms with Gasteiger partial charge < -0.3 is 9.15 Å². The highest BCUT2D eigenvalue weighted by Crippen LogP contribution is 2.20. The van der Waals surface area contributed by atoms with Crippen molar-refractivity contribution in [1.29, 1.82) is 0 Å². The van der Waals surface area contributed by atoms with Gasteiger partial charge in [0.2, 0.25) is 5.90 Å². The van der Waals surface area contributed by atoms with Gasteiger partial charge in [0.15, 0.2) is 5.70 Å². The maximum absolute atomic E-state index is 13.6. The Morgan fingerprint density at radius 2 is 2.00 bits per heavy atom. The number of hydrogen-bond donors (Lipinski definition) is 0. The number of hydrogen-bond acceptors (Lipinski definition) is 4. The largest absolute Gasteiger partial charge is 0.465 e. The third-order valence-electron chi connectivity index (χ3n) is 2.55. The summed E-state index contributed by atoms with van der Waals surface area (Å²) in [5, 5.41) is 0. The summed E-state index contributed by atoms with van der Waals surface area (Å²) >= 11 is 0. The van der Waals surface area contributed by atoms with Gasteiger partial charge in [-0.25, -0.2) is 14.2 Å². The molecule has 2 heterocycles. The number of carbonyl (C=O) groups excluding carboxylic acids is 1. The van der Waals surface area contributed by atoms with Crippen LogP contribution in [0, 0.1) is 5.82 Å². The van der Waals surface area contributed by atoms with E-state index in [1.165, 1.54) is 24.5 Å². The highest BCUT2D eigenvalue weighted by atomic mass is 19.1. The standard InChI is InChI=1S/C14H8FNO3/c15-11-6-2-1-5-10(11)13-16-12(14(17)19-13)8-9-4-3-7-18-9/h1-8H/b12-8+. The molecule has 0 bridgehead atoms. The van der Waals surface area contributed by atoms with E-state index in [0.29, 0.717) is 5.76 Å². The monoisotopic (exact) mass is 257 g/mol. The van der Waals surface area contributed by atoms with Gasteiger partial charge in [0, 0.05) is 6.08 Å². The summed E-state index contributed by atoms with van der Waals surface area (Å²) < 4.78 is 23.6. The Balaban J connectivity index is 1.98. The van der Waals surface area contributed by atoms with E-state index in [1.54, 1.807) is 24.3 Å². The Hall–Kier alpha value is -2.69. The molecule has 1 aliphatic rings. The van der Waals surface area contributed by atoms with Gasteiger partial charge >= 0.3 is 5.97 Å². The van der Waals surface area contributed by atoms with Crippen LogP contribution in [0.1, 0.15) is 11.3 Å². The second-order valence-corrected chi connectivity index (χ2v) is 3.83. The van der Waals surface area contributed by atoms with Crippen LogP contribution in [-0.4, -0.2) is 11.9 Å². The molecule has 1 aliphatic heterocycles. The van der Waals surface area contributed by atoms with Gasteiger partial charge in [-0.2, -0.15) is 0 Å². The first-order valence-corrected chi connectivity index (χ1v) is 5.55. The number of benzene rings is 1. The van der Waals surface area contributed by atoms with E-state index < -0.39 is 11.8 Å². The predicted molar refractivity (Wildman–Crippen MR) is 65.7 cm³/mol. The van der Waals surface area contributed by atoms with E-state index in [4.69, 9.17) is 9.15 Å². The number of halogens is 1. The Kier molecular flexibility index (Phi) is 2.72. The van der Waals surface area contributed by atoms with Crippen LogP contribution in [-0.2, 0) is 9.53 Å². The van der Waals surface area contributed by atoms with Crippen LogP contribution in [0.15, 0.2) is 57.8 Å². The zero-order valence-corrected chi connectivity index (χ0v) is 9.67. The molecule has 4 nitrogen and oxygen atoms in total. The molecule has 0 fully saturated rings. The van der Waals surface area contributed by atoms with Gasteiger partial charge in [0.25, 0.3) is 0 Å². The van der Waals surface area contributed by atoms with E-state index in [9.17, 15) is 9.18 Å². The molecule has 94 valence electrons. The first kappa shape index (κ1) is 11.4. The van der Waals surface area contributed by atoms with Crippen LogP contribution >= 0.6 is 0 Å². The molecule has 5 heteroatoms. The van der Waals surface area contributed by atoms with E-state index >= 15 is 0 Å². The minimum atomic E-state index is -0.630. The fourth-order valence-electron chi connectivity index (χ4n) is 1.67. The SMILES string of the molecule is O=C1OC(c2ccccc2F)=N/C1=C/c1ccco1. The molecule has 0 aliphatic carbocycles. The molecule has 0 saturated heterocycles. The van der Waals surface area contributed by atoms with Gasteiger partial charge in [-0.3, -0.25) is 0 Å². The van der Waals surface area contributed by atoms with Gasteiger partial charge in [-0.15, -0.1) is 0 Å². The highest BCUT2D eigenvalue weighted by molar-refractivity contribution is 6.12. The fraction of sp³-hybridized carbons (Fsp3) is 0. The normalized spacial score (nSPS) is 16.6. The van der Waals surface area contributed by atoms with E-state index in [2.05, 4.69) is 4.99 Å². The van der Waals surface area contributed by atoms with Crippen LogP contribution < -0.4 is 0 Å². The number of cyclic esters (lactones) is 1. The first-order valence-electron chi connectivity index (χ1n) is 5.55. The molecule has 0 atom stereocenters. The summed E-state index contributed by atoms with van der Waals surface area (Å²) in [5.41, 5.74) is 0.229. The van der Waals surface area contributed by atoms with Crippen LogP contribution in [0.25, 0.3) is 6.08 Å². The van der Waals surface area contributed by atoms with Crippen LogP contribution in [0.4, 0.5) is 4.39 Å². The lowest BCUT2D eigenvalue weighted by atomic mass is 10.2. The molecule has 0 saturated carbocycles. The van der Waals surface area contributed by atoms with Crippen molar-refractivity contribution in [2.24, 2.45) is 4.99 Å². The molecule has 0 radical (unpaired) electrons. The molecular weight excluding hydrogens is 249 g/mol. The molecular formula is C14H8FNO3. The minimum absolute atomic E-state index is 0.0408. The molecule has 0 unspecified atom stereocenters. The summed E-state index contributed by atoms with van der Waals surface area (Å²) in [4.78, 5) is 15.6. The van der Waals surface area contributed by atoms with E-state index in [0.717, 1.165) is 0 Å². The van der Waals surface area contributed by atoms with Crippen molar-refractivity contribution in [3.63, 3.8) is 0 Å². The molecule has 2 aromatic rings. The first-order chi connectivity index (χ1) is 9.24. The smallest absolute Gasteiger partial charge is 0.363 e. The zero-order chi connectivity index (χ0) is 13.2. The Morgan fingerprint density at radius 1 is 1.16 bits per heavy atom. The minimum Gasteiger partial charge on any atom is -0.465 e. The molecule has 0 spiro atoms. The summed E-state index contributed by atoms with van der Waals surface area (Å²) in [6, 6.07) is 9.33. The molecule has 3 rings (SSSR count). The molecule has 0 N–H and O–H groups in total. The quantitative estimate of drug-likeness (QED) is 0.614. The molecule has 1 aromatic heterocycles. The zero-order valence-electron chi connectivity index (χ0n) is 9.67. The highest BCUT2D eigenvalue weighted by Gasteiger charge is 2.26. The number of esters is 1. The van der Waals surface area contributed by atoms with Crippen molar-refractivity contribution in [3.8, 4) is 0 Å². The van der Waals surface area contributed by atoms with Crippen LogP contribution in [0.3, 0.4) is 0 Å². The summed E-state index contributed by atoms with van der Waals surface area (Å²) in [6.07, 6.45) is 2.92. The maximum Gasteiger partial charge on any atom is 0.363 e. The topological polar surface area (TPSA) is 51.8 Å². The Morgan fingerprint density at radius 3 is 2.74 bits per heavy atom. The summed E-state index contributed by atoms with van der Waals surface area (Å²) in [7, 11) is 0. The fourth-order valence-corrected chi connectivity index (χ4v) is 1.67. The van der Waals surface area contributed by atoms with Crippen molar-refractivity contribution in [3.05, 3.63) is 65.5 Å². The Labute approximate surface area is 107 Å². The number of furan rings is 1. The van der Waals surface area contributed by atoms with E-state index in [1.807, 2.05) is 0 Å². The second kappa shape index (κ2) is 4.53. The van der Waals surface area contributed by atoms with Gasteiger partial charge in [-0.1, -0.05) is 12.1 Å². The summed E-state index contributed by atoms with van der Waals surface area (Å²) in [6.45, 7) is 0. The van der Waals surface area contributed by atoms with Crippen molar-refractivity contribution >= 4 is 17.9 Å². The molecule has 1 aromatic carbocycles. The molecule has 0 amide bonds. The third kappa shape index (κ3) is 2.18. The third-order valence-corrected chi connectivity index (χ3v) is 2.55. The van der Waals surface area contributed by atoms with Crippen molar-refractivity contribution < 1.29 is 18.3 Å². The number of aliphatic imine (C=N–C) groups is 1. The summed E-state index contributed by atoms with van der Waals surface area (Å²) in [5.74, 6) is -0.686. The lowest BCUT2D eigenvalue weighted by molar-refractivity contribution is -0.129. The average Bonchev–Trinajstić information content (AvgIpc) is 3.02. The number of nitrogens with zero attached hydrogens (tertiary/aromatic N) is 1. The lowest BCUT2D eigenvalue weighted by Gasteiger charge is -1.99. The van der Waals surface area contributed by atoms with Gasteiger partial charge in [0.1, 0.15) is 11.6 Å². The van der Waals surface area contributed by atoms with Gasteiger partial charge in [0.05, 0.1) is 11.8 Å². The number of carbonyl (C=O) groups is 1. The Bertz CT molecular complexity index is 686. The molecule has 19 heavy (non-hydrogen) atoms. The van der Waals surface area contributed by atoms with E-state index in [-0.39, 0.29) is 17.2 Å². The number of rotatable bonds is 2. The average molecular weight is 257 g/mol. The maximum atomic E-state index is 13.6. The van der Waals surface area contributed by atoms with Crippen molar-refractivity contribution in [1.82, 2.24) is 0 Å². The van der Waals surface area contributed by atoms with Crippen LogP contribution in [0.2, 0.25) is 0 Å². The van der Waals surface area contributed by atoms with Crippen molar-refractivity contribution in [2.45, 2.75) is 0 Å². The predicted octanol–water partition coefficient (Wildman–Crippen LogP) is 2.76.